The SMILES string of the molecule is CCN1CCN(C(=O)c2cncc(C(=O)NC(C)(C)C)c2)CC1. The third kappa shape index (κ3) is 4.76. The number of nitrogens with zero attached hydrogens (tertiary/aromatic N) is 3. The molecule has 1 saturated heterocycles. The molecule has 2 rings (SSSR count). The van der Waals surface area contributed by atoms with Gasteiger partial charge in [0.25, 0.3) is 11.8 Å². The van der Waals surface area contributed by atoms with E-state index in [-0.39, 0.29) is 17.4 Å². The minimum absolute atomic E-state index is 0.0568. The molecule has 0 radical (unpaired) electrons. The van der Waals surface area contributed by atoms with Crippen molar-refractivity contribution < 1.29 is 9.59 Å². The molecule has 1 aliphatic heterocycles. The van der Waals surface area contributed by atoms with Crippen molar-refractivity contribution in [2.75, 3.05) is 32.7 Å². The maximum absolute atomic E-state index is 12.6. The number of aromatic nitrogens is 1. The van der Waals surface area contributed by atoms with Gasteiger partial charge in [-0.1, -0.05) is 6.92 Å². The van der Waals surface area contributed by atoms with Crippen molar-refractivity contribution in [1.82, 2.24) is 20.1 Å². The molecule has 1 fully saturated rings. The zero-order valence-corrected chi connectivity index (χ0v) is 14.4. The van der Waals surface area contributed by atoms with E-state index in [2.05, 4.69) is 22.1 Å². The molecule has 23 heavy (non-hydrogen) atoms. The number of nitrogens with one attached hydrogen (secondary N) is 1. The van der Waals surface area contributed by atoms with Crippen LogP contribution >= 0.6 is 0 Å². The summed E-state index contributed by atoms with van der Waals surface area (Å²) in [7, 11) is 0. The molecule has 1 aromatic heterocycles. The van der Waals surface area contributed by atoms with Gasteiger partial charge in [0.1, 0.15) is 0 Å². The van der Waals surface area contributed by atoms with E-state index in [1.165, 1.54) is 12.4 Å². The van der Waals surface area contributed by atoms with E-state index < -0.39 is 0 Å². The highest BCUT2D eigenvalue weighted by atomic mass is 16.2. The minimum atomic E-state index is -0.326. The van der Waals surface area contributed by atoms with Gasteiger partial charge in [-0.2, -0.15) is 0 Å². The van der Waals surface area contributed by atoms with Gasteiger partial charge in [0, 0.05) is 44.1 Å². The van der Waals surface area contributed by atoms with Gasteiger partial charge < -0.3 is 15.1 Å². The molecule has 2 heterocycles. The molecule has 6 nitrogen and oxygen atoms in total. The van der Waals surface area contributed by atoms with Gasteiger partial charge in [-0.05, 0) is 33.4 Å². The lowest BCUT2D eigenvalue weighted by Crippen LogP contribution is -2.48. The van der Waals surface area contributed by atoms with Crippen molar-refractivity contribution in [1.29, 1.82) is 0 Å². The Morgan fingerprint density at radius 1 is 1.13 bits per heavy atom. The highest BCUT2D eigenvalue weighted by molar-refractivity contribution is 5.99. The fourth-order valence-electron chi connectivity index (χ4n) is 2.54. The number of piperazine rings is 1. The molecule has 2 amide bonds. The number of hydrogen-bond acceptors (Lipinski definition) is 4. The predicted octanol–water partition coefficient (Wildman–Crippen LogP) is 1.39. The highest BCUT2D eigenvalue weighted by Crippen LogP contribution is 2.11. The third-order valence-corrected chi connectivity index (χ3v) is 3.84. The minimum Gasteiger partial charge on any atom is -0.347 e. The van der Waals surface area contributed by atoms with Crippen molar-refractivity contribution in [3.8, 4) is 0 Å². The van der Waals surface area contributed by atoms with Crippen LogP contribution in [0, 0.1) is 0 Å². The Balaban J connectivity index is 2.07. The van der Waals surface area contributed by atoms with Gasteiger partial charge in [-0.15, -0.1) is 0 Å². The monoisotopic (exact) mass is 318 g/mol. The molecule has 0 atom stereocenters. The van der Waals surface area contributed by atoms with E-state index in [1.807, 2.05) is 25.7 Å². The van der Waals surface area contributed by atoms with Crippen LogP contribution in [0.25, 0.3) is 0 Å². The van der Waals surface area contributed by atoms with Gasteiger partial charge in [0.2, 0.25) is 0 Å². The first-order chi connectivity index (χ1) is 10.8. The molecular weight excluding hydrogens is 292 g/mol. The topological polar surface area (TPSA) is 65.5 Å². The largest absolute Gasteiger partial charge is 0.347 e. The number of amides is 2. The van der Waals surface area contributed by atoms with Crippen molar-refractivity contribution in [3.63, 3.8) is 0 Å². The Bertz CT molecular complexity index is 572. The lowest BCUT2D eigenvalue weighted by atomic mass is 10.1. The van der Waals surface area contributed by atoms with Crippen molar-refractivity contribution in [2.24, 2.45) is 0 Å². The Kier molecular flexibility index (Phi) is 5.36. The predicted molar refractivity (Wildman–Crippen MR) is 89.5 cm³/mol. The average molecular weight is 318 g/mol. The molecule has 1 aliphatic rings. The first-order valence-electron chi connectivity index (χ1n) is 8.09. The van der Waals surface area contributed by atoms with Crippen LogP contribution in [0.2, 0.25) is 0 Å². The Labute approximate surface area is 137 Å². The number of pyridine rings is 1. The second kappa shape index (κ2) is 7.08. The summed E-state index contributed by atoms with van der Waals surface area (Å²) in [5.74, 6) is -0.269. The molecule has 0 bridgehead atoms. The number of carbonyl (C=O) groups excluding carboxylic acids is 2. The summed E-state index contributed by atoms with van der Waals surface area (Å²) in [4.78, 5) is 33.0. The second-order valence-corrected chi connectivity index (χ2v) is 6.89. The van der Waals surface area contributed by atoms with Gasteiger partial charge in [0.05, 0.1) is 11.1 Å². The third-order valence-electron chi connectivity index (χ3n) is 3.84. The van der Waals surface area contributed by atoms with Gasteiger partial charge >= 0.3 is 0 Å². The van der Waals surface area contributed by atoms with E-state index in [4.69, 9.17) is 0 Å². The normalized spacial score (nSPS) is 16.3. The molecule has 0 aliphatic carbocycles. The van der Waals surface area contributed by atoms with Gasteiger partial charge in [-0.25, -0.2) is 0 Å². The van der Waals surface area contributed by atoms with E-state index in [9.17, 15) is 9.59 Å². The quantitative estimate of drug-likeness (QED) is 0.914. The van der Waals surface area contributed by atoms with Crippen LogP contribution in [0.1, 0.15) is 48.4 Å². The molecular formula is C17H26N4O2. The molecule has 0 spiro atoms. The Hall–Kier alpha value is -1.95. The number of likely N-dealkylation sites (N-methyl/N-ethyl adjacent to an activating group) is 1. The fourth-order valence-corrected chi connectivity index (χ4v) is 2.54. The summed E-state index contributed by atoms with van der Waals surface area (Å²) < 4.78 is 0. The van der Waals surface area contributed by atoms with Crippen LogP contribution in [0.5, 0.6) is 0 Å². The summed E-state index contributed by atoms with van der Waals surface area (Å²) in [6.07, 6.45) is 3.02. The molecule has 1 aromatic rings. The van der Waals surface area contributed by atoms with Crippen molar-refractivity contribution in [2.45, 2.75) is 33.2 Å². The first-order valence-corrected chi connectivity index (χ1v) is 8.09. The zero-order valence-electron chi connectivity index (χ0n) is 14.4. The molecule has 0 aromatic carbocycles. The second-order valence-electron chi connectivity index (χ2n) is 6.89. The van der Waals surface area contributed by atoms with Gasteiger partial charge in [0.15, 0.2) is 0 Å². The maximum atomic E-state index is 12.6. The molecule has 0 saturated carbocycles. The highest BCUT2D eigenvalue weighted by Gasteiger charge is 2.23. The number of rotatable bonds is 3. The zero-order chi connectivity index (χ0) is 17.0. The standard InChI is InChI=1S/C17H26N4O2/c1-5-20-6-8-21(9-7-20)16(23)14-10-13(11-18-12-14)15(22)19-17(2,3)4/h10-12H,5-9H2,1-4H3,(H,19,22). The molecule has 1 N–H and O–H groups in total. The molecule has 0 unspecified atom stereocenters. The van der Waals surface area contributed by atoms with E-state index in [0.717, 1.165) is 19.6 Å². The van der Waals surface area contributed by atoms with E-state index in [0.29, 0.717) is 24.2 Å². The van der Waals surface area contributed by atoms with Crippen LogP contribution in [0.15, 0.2) is 18.5 Å². The molecule has 6 heteroatoms. The van der Waals surface area contributed by atoms with Crippen molar-refractivity contribution >= 4 is 11.8 Å². The lowest BCUT2D eigenvalue weighted by molar-refractivity contribution is 0.0643. The van der Waals surface area contributed by atoms with Crippen LogP contribution in [0.4, 0.5) is 0 Å². The van der Waals surface area contributed by atoms with Crippen LogP contribution in [-0.2, 0) is 0 Å². The summed E-state index contributed by atoms with van der Waals surface area (Å²) in [6.45, 7) is 12.1. The number of hydrogen-bond donors (Lipinski definition) is 1. The van der Waals surface area contributed by atoms with E-state index in [1.54, 1.807) is 6.07 Å². The van der Waals surface area contributed by atoms with E-state index >= 15 is 0 Å². The van der Waals surface area contributed by atoms with Crippen LogP contribution < -0.4 is 5.32 Å². The summed E-state index contributed by atoms with van der Waals surface area (Å²) in [5.41, 5.74) is 0.558. The smallest absolute Gasteiger partial charge is 0.255 e. The van der Waals surface area contributed by atoms with Crippen LogP contribution in [-0.4, -0.2) is 64.9 Å². The lowest BCUT2D eigenvalue weighted by Gasteiger charge is -2.34. The van der Waals surface area contributed by atoms with Gasteiger partial charge in [-0.3, -0.25) is 14.6 Å². The molecule has 126 valence electrons. The first kappa shape index (κ1) is 17.4. The summed E-state index contributed by atoms with van der Waals surface area (Å²) in [5, 5.41) is 2.88. The van der Waals surface area contributed by atoms with Crippen LogP contribution in [0.3, 0.4) is 0 Å². The summed E-state index contributed by atoms with van der Waals surface area (Å²) in [6, 6.07) is 1.63. The summed E-state index contributed by atoms with van der Waals surface area (Å²) >= 11 is 0. The fraction of sp³-hybridized carbons (Fsp3) is 0.588. The maximum Gasteiger partial charge on any atom is 0.255 e. The van der Waals surface area contributed by atoms with Crippen molar-refractivity contribution in [3.05, 3.63) is 29.6 Å². The number of carbonyl (C=O) groups is 2. The average Bonchev–Trinajstić information content (AvgIpc) is 2.53. The Morgan fingerprint density at radius 2 is 1.74 bits per heavy atom. The Morgan fingerprint density at radius 3 is 2.30 bits per heavy atom.